The molecular weight excluding hydrogens is 264 g/mol. The molecule has 0 saturated carbocycles. The summed E-state index contributed by atoms with van der Waals surface area (Å²) in [7, 11) is 0. The Morgan fingerprint density at radius 3 is 3.17 bits per heavy atom. The lowest BCUT2D eigenvalue weighted by Crippen LogP contribution is -2.24. The van der Waals surface area contributed by atoms with Crippen molar-refractivity contribution in [1.82, 2.24) is 5.32 Å². The Labute approximate surface area is 117 Å². The number of rotatable bonds is 6. The van der Waals surface area contributed by atoms with Crippen LogP contribution < -0.4 is 11.1 Å². The number of nitrogens with one attached hydrogen (secondary N) is 1. The molecule has 0 aliphatic rings. The monoisotopic (exact) mass is 282 g/mol. The lowest BCUT2D eigenvalue weighted by atomic mass is 10.3. The van der Waals surface area contributed by atoms with E-state index in [-0.39, 0.29) is 5.91 Å². The average Bonchev–Trinajstić information content (AvgIpc) is 2.84. The highest BCUT2D eigenvalue weighted by molar-refractivity contribution is 7.99. The number of thiophene rings is 1. The Balaban J connectivity index is 2.35. The second-order valence-electron chi connectivity index (χ2n) is 3.51. The Morgan fingerprint density at radius 2 is 2.44 bits per heavy atom. The lowest BCUT2D eigenvalue weighted by Gasteiger charge is -2.02. The van der Waals surface area contributed by atoms with E-state index < -0.39 is 0 Å². The first-order valence-corrected chi connectivity index (χ1v) is 7.94. The second kappa shape index (κ2) is 9.03. The van der Waals surface area contributed by atoms with Gasteiger partial charge in [0.15, 0.2) is 0 Å². The fourth-order valence-electron chi connectivity index (χ4n) is 1.28. The zero-order valence-corrected chi connectivity index (χ0v) is 12.1. The Hall–Kier alpha value is -0.960. The molecule has 0 unspecified atom stereocenters. The second-order valence-corrected chi connectivity index (χ2v) is 5.82. The van der Waals surface area contributed by atoms with E-state index in [1.165, 1.54) is 11.3 Å². The smallest absolute Gasteiger partial charge is 0.252 e. The molecule has 0 saturated heterocycles. The Bertz CT molecular complexity index is 432. The SMILES string of the molecule is CCSCCCNC(=O)c1csc(C#CCN)c1. The summed E-state index contributed by atoms with van der Waals surface area (Å²) >= 11 is 3.36. The van der Waals surface area contributed by atoms with Gasteiger partial charge in [-0.15, -0.1) is 11.3 Å². The Kier molecular flexibility index (Phi) is 7.58. The largest absolute Gasteiger partial charge is 0.352 e. The summed E-state index contributed by atoms with van der Waals surface area (Å²) in [5.74, 6) is 7.90. The van der Waals surface area contributed by atoms with E-state index in [9.17, 15) is 4.79 Å². The number of carbonyl (C=O) groups is 1. The number of hydrogen-bond acceptors (Lipinski definition) is 4. The number of thioether (sulfide) groups is 1. The number of nitrogens with two attached hydrogens (primary N) is 1. The third-order valence-electron chi connectivity index (χ3n) is 2.13. The molecule has 0 bridgehead atoms. The summed E-state index contributed by atoms with van der Waals surface area (Å²) in [6.07, 6.45) is 1.01. The van der Waals surface area contributed by atoms with Crippen molar-refractivity contribution in [2.75, 3.05) is 24.6 Å². The van der Waals surface area contributed by atoms with E-state index in [1.807, 2.05) is 23.2 Å². The van der Waals surface area contributed by atoms with Crippen molar-refractivity contribution in [3.8, 4) is 11.8 Å². The zero-order chi connectivity index (χ0) is 13.2. The molecule has 0 spiro atoms. The molecule has 0 aliphatic heterocycles. The van der Waals surface area contributed by atoms with E-state index in [0.29, 0.717) is 12.1 Å². The van der Waals surface area contributed by atoms with Crippen LogP contribution in [0.1, 0.15) is 28.6 Å². The lowest BCUT2D eigenvalue weighted by molar-refractivity contribution is 0.0954. The highest BCUT2D eigenvalue weighted by atomic mass is 32.2. The van der Waals surface area contributed by atoms with Crippen LogP contribution in [0.4, 0.5) is 0 Å². The molecule has 1 aromatic heterocycles. The molecular formula is C13H18N2OS2. The molecule has 18 heavy (non-hydrogen) atoms. The van der Waals surface area contributed by atoms with Gasteiger partial charge in [-0.25, -0.2) is 0 Å². The van der Waals surface area contributed by atoms with Crippen LogP contribution in [0.3, 0.4) is 0 Å². The van der Waals surface area contributed by atoms with Gasteiger partial charge in [0.25, 0.3) is 5.91 Å². The van der Waals surface area contributed by atoms with Gasteiger partial charge in [0.2, 0.25) is 0 Å². The molecule has 0 aromatic carbocycles. The van der Waals surface area contributed by atoms with Crippen LogP contribution in [-0.4, -0.2) is 30.5 Å². The minimum absolute atomic E-state index is 0.0199. The van der Waals surface area contributed by atoms with Gasteiger partial charge in [0, 0.05) is 11.9 Å². The van der Waals surface area contributed by atoms with Crippen LogP contribution in [0, 0.1) is 11.8 Å². The zero-order valence-electron chi connectivity index (χ0n) is 10.5. The molecule has 0 atom stereocenters. The molecule has 1 aromatic rings. The van der Waals surface area contributed by atoms with Crippen LogP contribution in [0.25, 0.3) is 0 Å². The van der Waals surface area contributed by atoms with Crippen molar-refractivity contribution in [2.24, 2.45) is 5.73 Å². The van der Waals surface area contributed by atoms with Crippen LogP contribution in [0.5, 0.6) is 0 Å². The highest BCUT2D eigenvalue weighted by Crippen LogP contribution is 2.13. The molecule has 1 rings (SSSR count). The van der Waals surface area contributed by atoms with E-state index in [1.54, 1.807) is 0 Å². The van der Waals surface area contributed by atoms with Gasteiger partial charge in [0.1, 0.15) is 0 Å². The maximum atomic E-state index is 11.8. The summed E-state index contributed by atoms with van der Waals surface area (Å²) in [6, 6.07) is 1.81. The first kappa shape index (κ1) is 15.1. The molecule has 1 heterocycles. The van der Waals surface area contributed by atoms with Gasteiger partial charge in [-0.1, -0.05) is 18.8 Å². The van der Waals surface area contributed by atoms with E-state index in [0.717, 1.165) is 29.3 Å². The summed E-state index contributed by atoms with van der Waals surface area (Å²) in [6.45, 7) is 3.21. The molecule has 0 fully saturated rings. The predicted octanol–water partition coefficient (Wildman–Crippen LogP) is 1.93. The molecule has 1 amide bonds. The van der Waals surface area contributed by atoms with E-state index in [4.69, 9.17) is 5.73 Å². The van der Waals surface area contributed by atoms with Gasteiger partial charge < -0.3 is 11.1 Å². The molecule has 3 N–H and O–H groups in total. The minimum atomic E-state index is -0.0199. The van der Waals surface area contributed by atoms with Gasteiger partial charge in [-0.3, -0.25) is 4.79 Å². The van der Waals surface area contributed by atoms with Crippen molar-refractivity contribution >= 4 is 29.0 Å². The third-order valence-corrected chi connectivity index (χ3v) is 3.96. The number of carbonyl (C=O) groups excluding carboxylic acids is 1. The predicted molar refractivity (Wildman–Crippen MR) is 80.2 cm³/mol. The number of hydrogen-bond donors (Lipinski definition) is 2. The van der Waals surface area contributed by atoms with Gasteiger partial charge >= 0.3 is 0 Å². The number of amides is 1. The molecule has 3 nitrogen and oxygen atoms in total. The standard InChI is InChI=1S/C13H18N2OS2/c1-2-17-8-4-7-15-13(16)11-9-12(18-10-11)5-3-6-14/h9-10H,2,4,6-8,14H2,1H3,(H,15,16). The maximum Gasteiger partial charge on any atom is 0.252 e. The molecule has 5 heteroatoms. The highest BCUT2D eigenvalue weighted by Gasteiger charge is 2.06. The Morgan fingerprint density at radius 1 is 1.61 bits per heavy atom. The van der Waals surface area contributed by atoms with Crippen molar-refractivity contribution in [1.29, 1.82) is 0 Å². The first-order chi connectivity index (χ1) is 8.77. The fraction of sp³-hybridized carbons (Fsp3) is 0.462. The van der Waals surface area contributed by atoms with Crippen molar-refractivity contribution in [3.63, 3.8) is 0 Å². The van der Waals surface area contributed by atoms with Gasteiger partial charge in [-0.2, -0.15) is 11.8 Å². The van der Waals surface area contributed by atoms with E-state index in [2.05, 4.69) is 24.1 Å². The third kappa shape index (κ3) is 5.58. The topological polar surface area (TPSA) is 55.1 Å². The minimum Gasteiger partial charge on any atom is -0.352 e. The van der Waals surface area contributed by atoms with Crippen LogP contribution in [0.15, 0.2) is 11.4 Å². The fourth-order valence-corrected chi connectivity index (χ4v) is 2.67. The molecule has 98 valence electrons. The maximum absolute atomic E-state index is 11.8. The summed E-state index contributed by atoms with van der Waals surface area (Å²) in [5.41, 5.74) is 5.98. The van der Waals surface area contributed by atoms with E-state index >= 15 is 0 Å². The molecule has 0 aliphatic carbocycles. The van der Waals surface area contributed by atoms with Crippen molar-refractivity contribution < 1.29 is 4.79 Å². The van der Waals surface area contributed by atoms with Gasteiger partial charge in [0.05, 0.1) is 17.0 Å². The normalized spacial score (nSPS) is 9.67. The van der Waals surface area contributed by atoms with Crippen LogP contribution >= 0.6 is 23.1 Å². The van der Waals surface area contributed by atoms with Crippen LogP contribution in [0.2, 0.25) is 0 Å². The van der Waals surface area contributed by atoms with Gasteiger partial charge in [-0.05, 0) is 24.0 Å². The summed E-state index contributed by atoms with van der Waals surface area (Å²) < 4.78 is 0. The molecule has 0 radical (unpaired) electrons. The van der Waals surface area contributed by atoms with Crippen LogP contribution in [-0.2, 0) is 0 Å². The van der Waals surface area contributed by atoms with Crippen molar-refractivity contribution in [2.45, 2.75) is 13.3 Å². The summed E-state index contributed by atoms with van der Waals surface area (Å²) in [4.78, 5) is 12.7. The summed E-state index contributed by atoms with van der Waals surface area (Å²) in [5, 5.41) is 4.74. The average molecular weight is 282 g/mol. The first-order valence-electron chi connectivity index (χ1n) is 5.91. The van der Waals surface area contributed by atoms with Crippen molar-refractivity contribution in [3.05, 3.63) is 21.9 Å². The quantitative estimate of drug-likeness (QED) is 0.619.